The highest BCUT2D eigenvalue weighted by Gasteiger charge is 2.11. The van der Waals surface area contributed by atoms with E-state index in [0.29, 0.717) is 11.8 Å². The van der Waals surface area contributed by atoms with Gasteiger partial charge in [-0.1, -0.05) is 24.9 Å². The van der Waals surface area contributed by atoms with Crippen molar-refractivity contribution in [3.8, 4) is 0 Å². The van der Waals surface area contributed by atoms with Crippen molar-refractivity contribution in [1.29, 1.82) is 0 Å². The van der Waals surface area contributed by atoms with Gasteiger partial charge in [0.15, 0.2) is 0 Å². The van der Waals surface area contributed by atoms with Crippen molar-refractivity contribution in [2.24, 2.45) is 5.73 Å². The number of thiophene rings is 1. The molecule has 0 aliphatic carbocycles. The molecule has 0 saturated carbocycles. The lowest BCUT2D eigenvalue weighted by molar-refractivity contribution is 0.886. The second-order valence-electron chi connectivity index (χ2n) is 3.09. The van der Waals surface area contributed by atoms with Crippen LogP contribution in [0.15, 0.2) is 12.1 Å². The van der Waals surface area contributed by atoms with E-state index in [2.05, 4.69) is 13.0 Å². The predicted molar refractivity (Wildman–Crippen MR) is 68.5 cm³/mol. The molecule has 0 bridgehead atoms. The van der Waals surface area contributed by atoms with Crippen LogP contribution < -0.4 is 5.73 Å². The van der Waals surface area contributed by atoms with Crippen LogP contribution in [0, 0.1) is 0 Å². The molecule has 0 saturated heterocycles. The quantitative estimate of drug-likeness (QED) is 0.773. The van der Waals surface area contributed by atoms with Crippen LogP contribution in [-0.2, 0) is 0 Å². The molecule has 80 valence electrons. The topological polar surface area (TPSA) is 26.0 Å². The van der Waals surface area contributed by atoms with Crippen LogP contribution in [0.3, 0.4) is 0 Å². The molecule has 1 heterocycles. The van der Waals surface area contributed by atoms with Gasteiger partial charge in [-0.25, -0.2) is 0 Å². The molecular weight excluding hydrogens is 234 g/mol. The van der Waals surface area contributed by atoms with Crippen LogP contribution in [0.1, 0.15) is 29.9 Å². The Balaban J connectivity index is 2.45. The molecule has 1 unspecified atom stereocenters. The van der Waals surface area contributed by atoms with Crippen LogP contribution in [-0.4, -0.2) is 12.3 Å². The minimum Gasteiger partial charge on any atom is -0.329 e. The first-order valence-electron chi connectivity index (χ1n) is 4.84. The number of nitrogens with two attached hydrogens (primary N) is 1. The van der Waals surface area contributed by atoms with Crippen molar-refractivity contribution in [2.45, 2.75) is 25.0 Å². The van der Waals surface area contributed by atoms with Crippen molar-refractivity contribution >= 4 is 34.7 Å². The molecule has 0 fully saturated rings. The van der Waals surface area contributed by atoms with E-state index >= 15 is 0 Å². The Kier molecular flexibility index (Phi) is 5.94. The van der Waals surface area contributed by atoms with E-state index in [9.17, 15) is 0 Å². The molecule has 0 amide bonds. The van der Waals surface area contributed by atoms with Crippen LogP contribution in [0.25, 0.3) is 0 Å². The standard InChI is InChI=1S/C10H16ClNS2/c1-2-3-6-13-9(7-12)8-4-5-10(11)14-8/h4-5,9H,2-3,6-7,12H2,1H3. The highest BCUT2D eigenvalue weighted by atomic mass is 35.5. The minimum atomic E-state index is 0.430. The third kappa shape index (κ3) is 3.81. The number of halogens is 1. The highest BCUT2D eigenvalue weighted by Crippen LogP contribution is 2.35. The van der Waals surface area contributed by atoms with Crippen LogP contribution in [0.2, 0.25) is 4.34 Å². The SMILES string of the molecule is CCCCSC(CN)c1ccc(Cl)s1. The summed E-state index contributed by atoms with van der Waals surface area (Å²) in [4.78, 5) is 1.30. The molecule has 0 aliphatic heterocycles. The van der Waals surface area contributed by atoms with Gasteiger partial charge in [0.05, 0.1) is 9.59 Å². The Morgan fingerprint density at radius 3 is 2.86 bits per heavy atom. The van der Waals surface area contributed by atoms with Gasteiger partial charge >= 0.3 is 0 Å². The zero-order valence-corrected chi connectivity index (χ0v) is 10.7. The second-order valence-corrected chi connectivity index (χ2v) is 6.15. The molecule has 1 rings (SSSR count). The van der Waals surface area contributed by atoms with Gasteiger partial charge in [0.2, 0.25) is 0 Å². The van der Waals surface area contributed by atoms with Crippen molar-refractivity contribution < 1.29 is 0 Å². The maximum atomic E-state index is 5.89. The van der Waals surface area contributed by atoms with Gasteiger partial charge in [-0.3, -0.25) is 0 Å². The fourth-order valence-electron chi connectivity index (χ4n) is 1.14. The zero-order valence-electron chi connectivity index (χ0n) is 8.33. The van der Waals surface area contributed by atoms with Crippen LogP contribution >= 0.6 is 34.7 Å². The molecule has 0 aliphatic rings. The van der Waals surface area contributed by atoms with E-state index in [1.807, 2.05) is 17.8 Å². The Morgan fingerprint density at radius 1 is 1.57 bits per heavy atom. The van der Waals surface area contributed by atoms with Gasteiger partial charge in [0, 0.05) is 11.4 Å². The molecule has 1 atom stereocenters. The number of thioether (sulfide) groups is 1. The van der Waals surface area contributed by atoms with Gasteiger partial charge in [-0.05, 0) is 24.3 Å². The molecule has 0 spiro atoms. The summed E-state index contributed by atoms with van der Waals surface area (Å²) in [7, 11) is 0. The van der Waals surface area contributed by atoms with Crippen LogP contribution in [0.5, 0.6) is 0 Å². The van der Waals surface area contributed by atoms with Crippen LogP contribution in [0.4, 0.5) is 0 Å². The Hall–Kier alpha value is 0.300. The predicted octanol–water partition coefficient (Wildman–Crippen LogP) is 3.93. The van der Waals surface area contributed by atoms with Crippen molar-refractivity contribution in [2.75, 3.05) is 12.3 Å². The average Bonchev–Trinajstić information content (AvgIpc) is 2.60. The van der Waals surface area contributed by atoms with E-state index < -0.39 is 0 Å². The maximum Gasteiger partial charge on any atom is 0.0931 e. The third-order valence-corrected chi connectivity index (χ3v) is 4.81. The zero-order chi connectivity index (χ0) is 10.4. The molecule has 0 radical (unpaired) electrons. The van der Waals surface area contributed by atoms with Crippen molar-refractivity contribution in [3.05, 3.63) is 21.3 Å². The summed E-state index contributed by atoms with van der Waals surface area (Å²) in [5.41, 5.74) is 5.74. The molecule has 1 aromatic rings. The summed E-state index contributed by atoms with van der Waals surface area (Å²) in [6, 6.07) is 4.04. The van der Waals surface area contributed by atoms with E-state index in [1.165, 1.54) is 23.5 Å². The number of unbranched alkanes of at least 4 members (excludes halogenated alkanes) is 1. The first-order valence-corrected chi connectivity index (χ1v) is 7.09. The van der Waals surface area contributed by atoms with Gasteiger partial charge in [-0.15, -0.1) is 11.3 Å². The lowest BCUT2D eigenvalue weighted by Crippen LogP contribution is -2.08. The smallest absolute Gasteiger partial charge is 0.0931 e. The molecule has 1 nitrogen and oxygen atoms in total. The Labute approximate surface area is 99.0 Å². The number of hydrogen-bond donors (Lipinski definition) is 1. The summed E-state index contributed by atoms with van der Waals surface area (Å²) in [6.45, 7) is 2.91. The van der Waals surface area contributed by atoms with Crippen molar-refractivity contribution in [3.63, 3.8) is 0 Å². The Morgan fingerprint density at radius 2 is 2.36 bits per heavy atom. The molecular formula is C10H16ClNS2. The summed E-state index contributed by atoms with van der Waals surface area (Å²) in [5.74, 6) is 1.19. The first-order chi connectivity index (χ1) is 6.77. The van der Waals surface area contributed by atoms with Gasteiger partial charge in [0.25, 0.3) is 0 Å². The fourth-order valence-corrected chi connectivity index (χ4v) is 3.66. The molecule has 14 heavy (non-hydrogen) atoms. The number of rotatable bonds is 6. The lowest BCUT2D eigenvalue weighted by Gasteiger charge is -2.11. The fraction of sp³-hybridized carbons (Fsp3) is 0.600. The molecule has 0 aromatic carbocycles. The normalized spacial score (nSPS) is 13.1. The van der Waals surface area contributed by atoms with Gasteiger partial charge in [-0.2, -0.15) is 11.8 Å². The lowest BCUT2D eigenvalue weighted by atomic mass is 10.3. The van der Waals surface area contributed by atoms with Gasteiger partial charge < -0.3 is 5.73 Å². The van der Waals surface area contributed by atoms with Gasteiger partial charge in [0.1, 0.15) is 0 Å². The molecule has 2 N–H and O–H groups in total. The largest absolute Gasteiger partial charge is 0.329 e. The number of hydrogen-bond acceptors (Lipinski definition) is 3. The monoisotopic (exact) mass is 249 g/mol. The van der Waals surface area contributed by atoms with E-state index in [0.717, 1.165) is 4.34 Å². The Bertz CT molecular complexity index is 262. The first kappa shape index (κ1) is 12.4. The average molecular weight is 250 g/mol. The molecule has 1 aromatic heterocycles. The molecule has 4 heteroatoms. The van der Waals surface area contributed by atoms with E-state index in [1.54, 1.807) is 11.3 Å². The van der Waals surface area contributed by atoms with E-state index in [4.69, 9.17) is 17.3 Å². The summed E-state index contributed by atoms with van der Waals surface area (Å²) < 4.78 is 0.856. The van der Waals surface area contributed by atoms with E-state index in [-0.39, 0.29) is 0 Å². The summed E-state index contributed by atoms with van der Waals surface area (Å²) >= 11 is 9.47. The van der Waals surface area contributed by atoms with Crippen molar-refractivity contribution in [1.82, 2.24) is 0 Å². The third-order valence-electron chi connectivity index (χ3n) is 1.94. The second kappa shape index (κ2) is 6.72. The highest BCUT2D eigenvalue weighted by molar-refractivity contribution is 7.99. The summed E-state index contributed by atoms with van der Waals surface area (Å²) in [6.07, 6.45) is 2.51. The maximum absolute atomic E-state index is 5.89. The minimum absolute atomic E-state index is 0.430. The summed E-state index contributed by atoms with van der Waals surface area (Å²) in [5, 5.41) is 0.430.